The van der Waals surface area contributed by atoms with E-state index in [1.54, 1.807) is 17.9 Å². The summed E-state index contributed by atoms with van der Waals surface area (Å²) in [5.41, 5.74) is 8.16. The molecule has 10 heteroatoms. The fraction of sp³-hybridized carbons (Fsp3) is 0.333. The van der Waals surface area contributed by atoms with Crippen LogP contribution in [0, 0.1) is 24.5 Å². The number of piperidine rings is 1. The summed E-state index contributed by atoms with van der Waals surface area (Å²) in [6, 6.07) is 7.05. The van der Waals surface area contributed by atoms with E-state index in [1.165, 1.54) is 36.7 Å². The molecule has 0 unspecified atom stereocenters. The van der Waals surface area contributed by atoms with Crippen LogP contribution in [0.4, 0.5) is 20.3 Å². The van der Waals surface area contributed by atoms with E-state index in [1.807, 2.05) is 0 Å². The Hall–Kier alpha value is -4.34. The molecule has 208 valence electrons. The predicted molar refractivity (Wildman–Crippen MR) is 148 cm³/mol. The molecule has 1 saturated carbocycles. The van der Waals surface area contributed by atoms with E-state index < -0.39 is 17.5 Å². The molecule has 1 atom stereocenters. The summed E-state index contributed by atoms with van der Waals surface area (Å²) >= 11 is 0. The van der Waals surface area contributed by atoms with Crippen LogP contribution in [0.25, 0.3) is 11.3 Å². The number of nitrogen functional groups attached to an aromatic ring is 1. The first-order valence-corrected chi connectivity index (χ1v) is 13.3. The highest BCUT2D eigenvalue weighted by Crippen LogP contribution is 2.41. The van der Waals surface area contributed by atoms with Gasteiger partial charge < -0.3 is 20.7 Å². The van der Waals surface area contributed by atoms with Crippen molar-refractivity contribution >= 4 is 23.3 Å². The Morgan fingerprint density at radius 2 is 2.00 bits per heavy atom. The predicted octanol–water partition coefficient (Wildman–Crippen LogP) is 5.25. The van der Waals surface area contributed by atoms with E-state index in [4.69, 9.17) is 10.5 Å². The van der Waals surface area contributed by atoms with Gasteiger partial charge in [-0.1, -0.05) is 12.6 Å². The van der Waals surface area contributed by atoms with Crippen molar-refractivity contribution < 1.29 is 23.1 Å². The Kier molecular flexibility index (Phi) is 7.77. The second-order valence-corrected chi connectivity index (χ2v) is 10.3. The van der Waals surface area contributed by atoms with E-state index in [2.05, 4.69) is 21.9 Å². The van der Waals surface area contributed by atoms with Crippen molar-refractivity contribution in [2.24, 2.45) is 5.92 Å². The molecule has 2 amide bonds. The molecule has 2 aromatic carbocycles. The van der Waals surface area contributed by atoms with Crippen molar-refractivity contribution in [2.75, 3.05) is 30.7 Å². The average Bonchev–Trinajstić information content (AvgIpc) is 3.79. The third-order valence-corrected chi connectivity index (χ3v) is 7.46. The molecule has 1 aromatic heterocycles. The fourth-order valence-electron chi connectivity index (χ4n) is 5.08. The minimum Gasteiger partial charge on any atom is -0.487 e. The first-order chi connectivity index (χ1) is 19.2. The number of likely N-dealkylation sites (tertiary alicyclic amines) is 1. The maximum absolute atomic E-state index is 14.8. The van der Waals surface area contributed by atoms with Gasteiger partial charge in [-0.2, -0.15) is 0 Å². The second kappa shape index (κ2) is 11.4. The Morgan fingerprint density at radius 3 is 2.73 bits per heavy atom. The number of hydrogen-bond acceptors (Lipinski definition) is 6. The van der Waals surface area contributed by atoms with Gasteiger partial charge in [-0.15, -0.1) is 0 Å². The Bertz CT molecular complexity index is 1470. The Balaban J connectivity index is 1.38. The Morgan fingerprint density at radius 1 is 1.20 bits per heavy atom. The van der Waals surface area contributed by atoms with E-state index >= 15 is 0 Å². The van der Waals surface area contributed by atoms with Gasteiger partial charge in [0.05, 0.1) is 12.2 Å². The summed E-state index contributed by atoms with van der Waals surface area (Å²) in [6.07, 6.45) is 6.27. The highest BCUT2D eigenvalue weighted by atomic mass is 19.1. The number of aromatic nitrogens is 2. The largest absolute Gasteiger partial charge is 0.487 e. The average molecular weight is 548 g/mol. The third-order valence-electron chi connectivity index (χ3n) is 7.46. The third kappa shape index (κ3) is 5.80. The molecule has 0 spiro atoms. The number of nitrogens with two attached hydrogens (primary N) is 1. The number of carbonyl (C=O) groups is 2. The molecule has 1 saturated heterocycles. The number of nitrogens with zero attached hydrogens (tertiary/aromatic N) is 3. The smallest absolute Gasteiger partial charge is 0.258 e. The monoisotopic (exact) mass is 547 g/mol. The number of halogens is 2. The summed E-state index contributed by atoms with van der Waals surface area (Å²) in [5, 5.41) is 2.64. The van der Waals surface area contributed by atoms with Crippen molar-refractivity contribution in [3.05, 3.63) is 77.6 Å². The van der Waals surface area contributed by atoms with Gasteiger partial charge in [-0.25, -0.2) is 18.7 Å². The first-order valence-electron chi connectivity index (χ1n) is 13.3. The highest BCUT2D eigenvalue weighted by Gasteiger charge is 2.27. The summed E-state index contributed by atoms with van der Waals surface area (Å²) in [4.78, 5) is 35.1. The van der Waals surface area contributed by atoms with E-state index in [-0.39, 0.29) is 46.9 Å². The lowest BCUT2D eigenvalue weighted by Crippen LogP contribution is -2.40. The van der Waals surface area contributed by atoms with Crippen LogP contribution in [0.15, 0.2) is 49.3 Å². The minimum absolute atomic E-state index is 0.0507. The van der Waals surface area contributed by atoms with Crippen molar-refractivity contribution in [3.8, 4) is 17.0 Å². The number of hydrogen-bond donors (Lipinski definition) is 2. The van der Waals surface area contributed by atoms with Crippen LogP contribution in [0.2, 0.25) is 0 Å². The summed E-state index contributed by atoms with van der Waals surface area (Å²) in [6.45, 7) is 6.67. The van der Waals surface area contributed by atoms with Crippen LogP contribution < -0.4 is 15.8 Å². The van der Waals surface area contributed by atoms with Gasteiger partial charge in [-0.05, 0) is 80.0 Å². The normalized spacial score (nSPS) is 16.9. The molecule has 8 nitrogen and oxygen atoms in total. The van der Waals surface area contributed by atoms with Gasteiger partial charge in [-0.3, -0.25) is 9.59 Å². The molecule has 1 aliphatic heterocycles. The van der Waals surface area contributed by atoms with E-state index in [9.17, 15) is 18.4 Å². The Labute approximate surface area is 231 Å². The van der Waals surface area contributed by atoms with Crippen molar-refractivity contribution in [1.82, 2.24) is 14.9 Å². The number of nitrogens with one attached hydrogen (secondary N) is 1. The molecule has 2 aliphatic rings. The molecule has 2 heterocycles. The van der Waals surface area contributed by atoms with Crippen LogP contribution in [-0.4, -0.2) is 46.4 Å². The van der Waals surface area contributed by atoms with Crippen molar-refractivity contribution in [2.45, 2.75) is 38.5 Å². The van der Waals surface area contributed by atoms with Gasteiger partial charge >= 0.3 is 0 Å². The number of benzene rings is 2. The lowest BCUT2D eigenvalue weighted by atomic mass is 9.98. The van der Waals surface area contributed by atoms with Crippen LogP contribution >= 0.6 is 0 Å². The maximum atomic E-state index is 14.8. The van der Waals surface area contributed by atoms with E-state index in [0.29, 0.717) is 30.1 Å². The maximum Gasteiger partial charge on any atom is 0.258 e. The molecular weight excluding hydrogens is 516 g/mol. The molecule has 40 heavy (non-hydrogen) atoms. The molecule has 3 aromatic rings. The van der Waals surface area contributed by atoms with Crippen LogP contribution in [0.1, 0.15) is 53.1 Å². The number of rotatable bonds is 8. The topological polar surface area (TPSA) is 110 Å². The van der Waals surface area contributed by atoms with Crippen molar-refractivity contribution in [1.29, 1.82) is 0 Å². The number of carbonyl (C=O) groups excluding carboxylic acids is 2. The molecule has 0 radical (unpaired) electrons. The van der Waals surface area contributed by atoms with Gasteiger partial charge in [0.25, 0.3) is 5.91 Å². The number of ether oxygens (including phenoxy) is 1. The zero-order valence-electron chi connectivity index (χ0n) is 22.3. The quantitative estimate of drug-likeness (QED) is 0.373. The summed E-state index contributed by atoms with van der Waals surface area (Å²) < 4.78 is 35.7. The SMILES string of the molecule is C=CC(=O)N1CCC[C@@H](COc2c(N)ncnc2-c2cc(F)cc(NC(=O)c3ccc(C4CC4)cc3F)c2C)C1. The molecular formula is C30H31F2N5O3. The zero-order chi connectivity index (χ0) is 28.4. The second-order valence-electron chi connectivity index (χ2n) is 10.3. The van der Waals surface area contributed by atoms with Gasteiger partial charge in [0.15, 0.2) is 11.6 Å². The zero-order valence-corrected chi connectivity index (χ0v) is 22.3. The minimum atomic E-state index is -0.686. The fourth-order valence-corrected chi connectivity index (χ4v) is 5.08. The van der Waals surface area contributed by atoms with Crippen LogP contribution in [-0.2, 0) is 4.79 Å². The highest BCUT2D eigenvalue weighted by molar-refractivity contribution is 6.05. The lowest BCUT2D eigenvalue weighted by Gasteiger charge is -2.32. The van der Waals surface area contributed by atoms with Gasteiger partial charge in [0.2, 0.25) is 5.91 Å². The van der Waals surface area contributed by atoms with E-state index in [0.717, 1.165) is 31.2 Å². The molecule has 3 N–H and O–H groups in total. The molecule has 0 bridgehead atoms. The van der Waals surface area contributed by atoms with Crippen LogP contribution in [0.3, 0.4) is 0 Å². The molecule has 1 aliphatic carbocycles. The van der Waals surface area contributed by atoms with Crippen LogP contribution in [0.5, 0.6) is 5.75 Å². The summed E-state index contributed by atoms with van der Waals surface area (Å²) in [5.74, 6) is -1.40. The lowest BCUT2D eigenvalue weighted by molar-refractivity contribution is -0.127. The molecule has 5 rings (SSSR count). The first kappa shape index (κ1) is 27.2. The number of anilines is 2. The molecule has 2 fully saturated rings. The summed E-state index contributed by atoms with van der Waals surface area (Å²) in [7, 11) is 0. The van der Waals surface area contributed by atoms with Gasteiger partial charge in [0.1, 0.15) is 23.7 Å². The standard InChI is InChI=1S/C30H31F2N5O3/c1-3-26(38)37-10-4-5-18(14-37)15-40-28-27(34-16-35-29(28)33)23-12-21(31)13-25(17(23)2)36-30(39)22-9-8-20(11-24(22)32)19-6-7-19/h3,8-9,11-13,16,18-19H,1,4-7,10,14-15H2,2H3,(H,36,39)(H2,33,34,35)/t18-/m1/s1. The van der Waals surface area contributed by atoms with Crippen molar-refractivity contribution in [3.63, 3.8) is 0 Å². The number of amides is 2. The van der Waals surface area contributed by atoms with Gasteiger partial charge in [0, 0.05) is 30.3 Å².